The second-order valence-corrected chi connectivity index (χ2v) is 6.36. The minimum atomic E-state index is -0.432. The molecule has 21 heavy (non-hydrogen) atoms. The average molecular weight is 296 g/mol. The van der Waals surface area contributed by atoms with Gasteiger partial charge in [0.1, 0.15) is 0 Å². The number of fused-ring (bicyclic) bond motifs is 1. The van der Waals surface area contributed by atoms with Crippen LogP contribution in [0, 0.1) is 25.2 Å². The van der Waals surface area contributed by atoms with Gasteiger partial charge in [0.05, 0.1) is 29.0 Å². The highest BCUT2D eigenvalue weighted by Crippen LogP contribution is 2.31. The van der Waals surface area contributed by atoms with Crippen LogP contribution in [0.15, 0.2) is 30.6 Å². The molecule has 0 aromatic carbocycles. The van der Waals surface area contributed by atoms with Gasteiger partial charge in [0.2, 0.25) is 0 Å². The Morgan fingerprint density at radius 1 is 1.38 bits per heavy atom. The van der Waals surface area contributed by atoms with Gasteiger partial charge in [-0.25, -0.2) is 0 Å². The largest absolute Gasteiger partial charge is 0.320 e. The first-order valence-electron chi connectivity index (χ1n) is 6.77. The lowest BCUT2D eigenvalue weighted by Gasteiger charge is -1.99. The van der Waals surface area contributed by atoms with Crippen molar-refractivity contribution in [3.05, 3.63) is 46.9 Å². The minimum absolute atomic E-state index is 0.432. The molecule has 0 aliphatic rings. The van der Waals surface area contributed by atoms with E-state index in [9.17, 15) is 0 Å². The number of hydrogen-bond donors (Lipinski definition) is 1. The number of aromatic nitrogens is 2. The van der Waals surface area contributed by atoms with E-state index >= 15 is 0 Å². The maximum Gasteiger partial charge on any atom is 0.0976 e. The lowest BCUT2D eigenvalue weighted by Crippen LogP contribution is -2.19. The molecule has 3 heterocycles. The monoisotopic (exact) mass is 296 g/mol. The number of nitrogens with two attached hydrogens (primary N) is 1. The van der Waals surface area contributed by atoms with Crippen LogP contribution in [-0.2, 0) is 6.42 Å². The Hall–Kier alpha value is -2.16. The maximum absolute atomic E-state index is 8.79. The molecule has 4 nitrogen and oxygen atoms in total. The number of nitrogens with zero attached hydrogens (tertiary/aromatic N) is 3. The highest BCUT2D eigenvalue weighted by molar-refractivity contribution is 7.15. The standard InChI is InChI=1S/C16H16N4S/c1-10-8-20-9-12(5-15(20)11(2)19-10)16-4-3-14(21-16)6-13(18)7-17/h3-5,8-9,13H,6,18H2,1-2H3/t13-/m0/s1. The molecule has 0 bridgehead atoms. The van der Waals surface area contributed by atoms with E-state index in [4.69, 9.17) is 11.0 Å². The molecule has 0 unspecified atom stereocenters. The quantitative estimate of drug-likeness (QED) is 0.807. The fourth-order valence-corrected chi connectivity index (χ4v) is 3.52. The molecule has 0 aliphatic heterocycles. The molecule has 106 valence electrons. The Morgan fingerprint density at radius 2 is 2.19 bits per heavy atom. The third kappa shape index (κ3) is 2.68. The van der Waals surface area contributed by atoms with Gasteiger partial charge in [0.25, 0.3) is 0 Å². The van der Waals surface area contributed by atoms with Crippen LogP contribution in [0.3, 0.4) is 0 Å². The minimum Gasteiger partial charge on any atom is -0.320 e. The van der Waals surface area contributed by atoms with E-state index in [0.717, 1.165) is 21.8 Å². The second-order valence-electron chi connectivity index (χ2n) is 5.19. The van der Waals surface area contributed by atoms with Crippen molar-refractivity contribution in [2.75, 3.05) is 0 Å². The molecule has 3 aromatic heterocycles. The van der Waals surface area contributed by atoms with Crippen LogP contribution in [0.5, 0.6) is 0 Å². The van der Waals surface area contributed by atoms with E-state index in [1.807, 2.05) is 20.0 Å². The SMILES string of the molecule is Cc1cn2cc(-c3ccc(C[C@H](N)C#N)s3)cc2c(C)n1. The predicted molar refractivity (Wildman–Crippen MR) is 85.3 cm³/mol. The van der Waals surface area contributed by atoms with E-state index in [0.29, 0.717) is 6.42 Å². The number of rotatable bonds is 3. The summed E-state index contributed by atoms with van der Waals surface area (Å²) in [4.78, 5) is 6.82. The van der Waals surface area contributed by atoms with Gasteiger partial charge in [0, 0.05) is 34.1 Å². The fraction of sp³-hybridized carbons (Fsp3) is 0.250. The molecule has 0 saturated heterocycles. The van der Waals surface area contributed by atoms with Gasteiger partial charge in [0.15, 0.2) is 0 Å². The van der Waals surface area contributed by atoms with Crippen molar-refractivity contribution >= 4 is 16.9 Å². The number of hydrogen-bond acceptors (Lipinski definition) is 4. The van der Waals surface area contributed by atoms with Crippen molar-refractivity contribution in [1.82, 2.24) is 9.38 Å². The second kappa shape index (κ2) is 5.32. The molecule has 0 radical (unpaired) electrons. The van der Waals surface area contributed by atoms with Crippen molar-refractivity contribution < 1.29 is 0 Å². The zero-order valence-corrected chi connectivity index (χ0v) is 12.8. The Morgan fingerprint density at radius 3 is 2.95 bits per heavy atom. The predicted octanol–water partition coefficient (Wildman–Crippen LogP) is 3.07. The summed E-state index contributed by atoms with van der Waals surface area (Å²) >= 11 is 1.69. The summed E-state index contributed by atoms with van der Waals surface area (Å²) in [5, 5.41) is 8.79. The molecule has 3 aromatic rings. The normalized spacial score (nSPS) is 12.5. The first kappa shape index (κ1) is 13.8. The highest BCUT2D eigenvalue weighted by Gasteiger charge is 2.10. The summed E-state index contributed by atoms with van der Waals surface area (Å²) in [6, 6.07) is 7.94. The van der Waals surface area contributed by atoms with Crippen LogP contribution in [0.2, 0.25) is 0 Å². The van der Waals surface area contributed by atoms with Gasteiger partial charge < -0.3 is 10.1 Å². The van der Waals surface area contributed by atoms with Crippen LogP contribution in [0.4, 0.5) is 0 Å². The van der Waals surface area contributed by atoms with Crippen LogP contribution < -0.4 is 5.73 Å². The molecule has 0 amide bonds. The van der Waals surface area contributed by atoms with E-state index in [2.05, 4.69) is 39.8 Å². The van der Waals surface area contributed by atoms with Gasteiger partial charge in [-0.2, -0.15) is 5.26 Å². The summed E-state index contributed by atoms with van der Waals surface area (Å²) in [6.07, 6.45) is 4.76. The van der Waals surface area contributed by atoms with Crippen molar-refractivity contribution in [3.63, 3.8) is 0 Å². The first-order valence-corrected chi connectivity index (χ1v) is 7.58. The maximum atomic E-state index is 8.79. The zero-order chi connectivity index (χ0) is 15.0. The lowest BCUT2D eigenvalue weighted by atomic mass is 10.2. The van der Waals surface area contributed by atoms with Crippen molar-refractivity contribution in [2.45, 2.75) is 26.3 Å². The lowest BCUT2D eigenvalue weighted by molar-refractivity contribution is 0.834. The molecular formula is C16H16N4S. The topological polar surface area (TPSA) is 67.1 Å². The molecular weight excluding hydrogens is 280 g/mol. The van der Waals surface area contributed by atoms with Gasteiger partial charge in [-0.15, -0.1) is 11.3 Å². The molecule has 0 saturated carbocycles. The summed E-state index contributed by atoms with van der Waals surface area (Å²) < 4.78 is 2.12. The van der Waals surface area contributed by atoms with Crippen LogP contribution >= 0.6 is 11.3 Å². The average Bonchev–Trinajstić information content (AvgIpc) is 3.04. The molecule has 3 rings (SSSR count). The smallest absolute Gasteiger partial charge is 0.0976 e. The van der Waals surface area contributed by atoms with Crippen molar-refractivity contribution in [1.29, 1.82) is 5.26 Å². The third-order valence-electron chi connectivity index (χ3n) is 3.42. The van der Waals surface area contributed by atoms with Gasteiger partial charge in [-0.3, -0.25) is 4.98 Å². The van der Waals surface area contributed by atoms with E-state index < -0.39 is 6.04 Å². The molecule has 1 atom stereocenters. The third-order valence-corrected chi connectivity index (χ3v) is 4.58. The fourth-order valence-electron chi connectivity index (χ4n) is 2.47. The van der Waals surface area contributed by atoms with Crippen LogP contribution in [0.1, 0.15) is 16.3 Å². The van der Waals surface area contributed by atoms with E-state index in [1.165, 1.54) is 10.4 Å². The summed E-state index contributed by atoms with van der Waals surface area (Å²) in [7, 11) is 0. The number of nitriles is 1. The summed E-state index contributed by atoms with van der Waals surface area (Å²) in [5.74, 6) is 0. The van der Waals surface area contributed by atoms with Crippen molar-refractivity contribution in [3.8, 4) is 16.5 Å². The van der Waals surface area contributed by atoms with E-state index in [-0.39, 0.29) is 0 Å². The summed E-state index contributed by atoms with van der Waals surface area (Å²) in [5.41, 5.74) is 10.0. The van der Waals surface area contributed by atoms with Crippen LogP contribution in [0.25, 0.3) is 16.0 Å². The van der Waals surface area contributed by atoms with Crippen LogP contribution in [-0.4, -0.2) is 15.4 Å². The number of thiophene rings is 1. The summed E-state index contributed by atoms with van der Waals surface area (Å²) in [6.45, 7) is 4.02. The molecule has 2 N–H and O–H groups in total. The Labute approximate surface area is 127 Å². The molecule has 0 fully saturated rings. The molecule has 5 heteroatoms. The Balaban J connectivity index is 1.98. The first-order chi connectivity index (χ1) is 10.1. The molecule has 0 spiro atoms. The van der Waals surface area contributed by atoms with Crippen molar-refractivity contribution in [2.24, 2.45) is 5.73 Å². The Kier molecular flexibility index (Phi) is 3.50. The Bertz CT molecular complexity index is 838. The van der Waals surface area contributed by atoms with Gasteiger partial charge in [-0.1, -0.05) is 0 Å². The highest BCUT2D eigenvalue weighted by atomic mass is 32.1. The zero-order valence-electron chi connectivity index (χ0n) is 12.0. The number of aryl methyl sites for hydroxylation is 2. The van der Waals surface area contributed by atoms with Gasteiger partial charge in [-0.05, 0) is 32.0 Å². The molecule has 0 aliphatic carbocycles. The van der Waals surface area contributed by atoms with Gasteiger partial charge >= 0.3 is 0 Å². The van der Waals surface area contributed by atoms with E-state index in [1.54, 1.807) is 11.3 Å².